The minimum atomic E-state index is -0.465. The molecule has 0 spiro atoms. The van der Waals surface area contributed by atoms with Gasteiger partial charge in [0.1, 0.15) is 20.3 Å². The summed E-state index contributed by atoms with van der Waals surface area (Å²) in [6.45, 7) is 6.26. The maximum absolute atomic E-state index is 13.3. The number of hydrogen-bond donors (Lipinski definition) is 2. The summed E-state index contributed by atoms with van der Waals surface area (Å²) < 4.78 is 5.32. The molecule has 1 atom stereocenters. The Kier molecular flexibility index (Phi) is 6.34. The monoisotopic (exact) mass is 505 g/mol. The van der Waals surface area contributed by atoms with Crippen molar-refractivity contribution in [2.24, 2.45) is 5.92 Å². The molecule has 0 saturated heterocycles. The molecule has 0 saturated carbocycles. The van der Waals surface area contributed by atoms with Crippen LogP contribution in [0.25, 0.3) is 21.3 Å². The van der Waals surface area contributed by atoms with Crippen LogP contribution in [0.5, 0.6) is 0 Å². The number of hydrogen-bond acceptors (Lipinski definition) is 7. The van der Waals surface area contributed by atoms with Crippen LogP contribution in [0.3, 0.4) is 0 Å². The predicted octanol–water partition coefficient (Wildman–Crippen LogP) is 6.47. The van der Waals surface area contributed by atoms with Gasteiger partial charge in [-0.05, 0) is 56.2 Å². The van der Waals surface area contributed by atoms with Gasteiger partial charge in [0, 0.05) is 22.0 Å². The molecule has 1 aliphatic rings. The Labute approximate surface area is 212 Å². The van der Waals surface area contributed by atoms with E-state index in [9.17, 15) is 9.59 Å². The molecule has 8 heteroatoms. The summed E-state index contributed by atoms with van der Waals surface area (Å²) in [6, 6.07) is 10.0. The molecule has 35 heavy (non-hydrogen) atoms. The fraction of sp³-hybridized carbons (Fsp3) is 0.296. The fourth-order valence-corrected chi connectivity index (χ4v) is 6.45. The lowest BCUT2D eigenvalue weighted by molar-refractivity contribution is 0.0529. The van der Waals surface area contributed by atoms with Crippen molar-refractivity contribution >= 4 is 55.5 Å². The Morgan fingerprint density at radius 2 is 2.03 bits per heavy atom. The number of amides is 1. The molecule has 6 nitrogen and oxygen atoms in total. The number of thiophene rings is 2. The number of nitrogens with one attached hydrogen (secondary N) is 1. The minimum Gasteiger partial charge on any atom is -0.462 e. The third-order valence-electron chi connectivity index (χ3n) is 6.40. The summed E-state index contributed by atoms with van der Waals surface area (Å²) >= 11 is 2.60. The molecule has 0 radical (unpaired) electrons. The number of aryl methyl sites for hydroxylation is 2. The Bertz CT molecular complexity index is 1440. The zero-order chi connectivity index (χ0) is 24.7. The fourth-order valence-electron chi connectivity index (χ4n) is 4.50. The van der Waals surface area contributed by atoms with Crippen molar-refractivity contribution in [3.8, 4) is 11.1 Å². The number of nitrogens with two attached hydrogens (primary N) is 1. The van der Waals surface area contributed by atoms with E-state index in [1.165, 1.54) is 28.2 Å². The smallest absolute Gasteiger partial charge is 0.341 e. The summed E-state index contributed by atoms with van der Waals surface area (Å²) in [7, 11) is 0. The first-order valence-electron chi connectivity index (χ1n) is 11.7. The molecule has 3 aromatic heterocycles. The van der Waals surface area contributed by atoms with E-state index in [0.29, 0.717) is 27.0 Å². The minimum absolute atomic E-state index is 0.244. The standard InChI is InChI=1S/C27H27N3O3S2/c1-4-33-27(32)21-19(16-8-5-14(2)6-9-16)13-34-26(21)30-24(31)23-22(28)18-12-17-11-15(3)7-10-20(17)29-25(18)35-23/h5-6,8-9,12-13,15H,4,7,10-11,28H2,1-3H3,(H,30,31). The number of esters is 1. The van der Waals surface area contributed by atoms with Crippen LogP contribution in [-0.4, -0.2) is 23.5 Å². The van der Waals surface area contributed by atoms with Crippen molar-refractivity contribution in [3.63, 3.8) is 0 Å². The molecule has 0 bridgehead atoms. The van der Waals surface area contributed by atoms with E-state index in [2.05, 4.69) is 18.3 Å². The zero-order valence-corrected chi connectivity index (χ0v) is 21.6. The molecule has 0 fully saturated rings. The van der Waals surface area contributed by atoms with Gasteiger partial charge in [0.25, 0.3) is 5.91 Å². The van der Waals surface area contributed by atoms with Gasteiger partial charge in [-0.2, -0.15) is 0 Å². The number of carbonyl (C=O) groups excluding carboxylic acids is 2. The van der Waals surface area contributed by atoms with E-state index in [-0.39, 0.29) is 12.5 Å². The lowest BCUT2D eigenvalue weighted by atomic mass is 9.87. The van der Waals surface area contributed by atoms with Crippen LogP contribution in [0.15, 0.2) is 35.7 Å². The topological polar surface area (TPSA) is 94.3 Å². The average Bonchev–Trinajstić information content (AvgIpc) is 3.39. The summed E-state index contributed by atoms with van der Waals surface area (Å²) in [5.74, 6) is -0.195. The molecule has 1 aromatic carbocycles. The number of ether oxygens (including phenoxy) is 1. The average molecular weight is 506 g/mol. The maximum atomic E-state index is 13.3. The van der Waals surface area contributed by atoms with E-state index < -0.39 is 5.97 Å². The van der Waals surface area contributed by atoms with Gasteiger partial charge in [0.15, 0.2) is 0 Å². The quantitative estimate of drug-likeness (QED) is 0.303. The first-order valence-corrected chi connectivity index (χ1v) is 13.4. The van der Waals surface area contributed by atoms with Crippen molar-refractivity contribution in [2.45, 2.75) is 40.0 Å². The molecule has 1 aliphatic carbocycles. The Hall–Kier alpha value is -3.23. The summed E-state index contributed by atoms with van der Waals surface area (Å²) in [5.41, 5.74) is 12.3. The highest BCUT2D eigenvalue weighted by Gasteiger charge is 2.26. The van der Waals surface area contributed by atoms with Crippen molar-refractivity contribution in [2.75, 3.05) is 17.7 Å². The van der Waals surface area contributed by atoms with Crippen LogP contribution in [0.4, 0.5) is 10.7 Å². The third kappa shape index (κ3) is 4.44. The highest BCUT2D eigenvalue weighted by Crippen LogP contribution is 2.39. The summed E-state index contributed by atoms with van der Waals surface area (Å²) in [4.78, 5) is 32.2. The van der Waals surface area contributed by atoms with Gasteiger partial charge in [-0.1, -0.05) is 36.8 Å². The molecule has 4 aromatic rings. The Morgan fingerprint density at radius 3 is 2.77 bits per heavy atom. The van der Waals surface area contributed by atoms with Crippen LogP contribution in [-0.2, 0) is 17.6 Å². The van der Waals surface area contributed by atoms with E-state index in [4.69, 9.17) is 15.5 Å². The van der Waals surface area contributed by atoms with Crippen LogP contribution in [0, 0.1) is 12.8 Å². The second kappa shape index (κ2) is 9.43. The molecule has 0 aliphatic heterocycles. The number of rotatable bonds is 5. The number of aromatic nitrogens is 1. The molecule has 5 rings (SSSR count). The van der Waals surface area contributed by atoms with Gasteiger partial charge in [-0.3, -0.25) is 4.79 Å². The normalized spacial score (nSPS) is 15.1. The van der Waals surface area contributed by atoms with E-state index in [1.807, 2.05) is 36.6 Å². The summed E-state index contributed by atoms with van der Waals surface area (Å²) in [5, 5.41) is 6.07. The van der Waals surface area contributed by atoms with Gasteiger partial charge in [-0.25, -0.2) is 9.78 Å². The van der Waals surface area contributed by atoms with Crippen molar-refractivity contribution < 1.29 is 14.3 Å². The van der Waals surface area contributed by atoms with Gasteiger partial charge in [0.05, 0.1) is 12.3 Å². The van der Waals surface area contributed by atoms with Crippen molar-refractivity contribution in [3.05, 3.63) is 63.0 Å². The molecular weight excluding hydrogens is 478 g/mol. The molecule has 1 unspecified atom stereocenters. The highest BCUT2D eigenvalue weighted by molar-refractivity contribution is 7.21. The first-order chi connectivity index (χ1) is 16.9. The van der Waals surface area contributed by atoms with Crippen molar-refractivity contribution in [1.29, 1.82) is 0 Å². The van der Waals surface area contributed by atoms with E-state index >= 15 is 0 Å². The number of nitrogens with zero attached hydrogens (tertiary/aromatic N) is 1. The molecule has 180 valence electrons. The summed E-state index contributed by atoms with van der Waals surface area (Å²) in [6.07, 6.45) is 3.05. The molecule has 1 amide bonds. The number of anilines is 2. The molecular formula is C27H27N3O3S2. The Morgan fingerprint density at radius 1 is 1.26 bits per heavy atom. The van der Waals surface area contributed by atoms with Crippen LogP contribution in [0.1, 0.15) is 57.1 Å². The SMILES string of the molecule is CCOC(=O)c1c(-c2ccc(C)cc2)csc1NC(=O)c1sc2nc3c(cc2c1N)CC(C)CC3. The lowest BCUT2D eigenvalue weighted by Crippen LogP contribution is -2.15. The maximum Gasteiger partial charge on any atom is 0.341 e. The Balaban J connectivity index is 1.50. The number of carbonyl (C=O) groups is 2. The van der Waals surface area contributed by atoms with Crippen LogP contribution in [0.2, 0.25) is 0 Å². The predicted molar refractivity (Wildman–Crippen MR) is 144 cm³/mol. The largest absolute Gasteiger partial charge is 0.462 e. The first kappa shape index (κ1) is 23.5. The molecule has 3 N–H and O–H groups in total. The van der Waals surface area contributed by atoms with Gasteiger partial charge < -0.3 is 15.8 Å². The zero-order valence-electron chi connectivity index (χ0n) is 19.9. The number of benzene rings is 1. The number of nitrogen functional groups attached to an aromatic ring is 1. The highest BCUT2D eigenvalue weighted by atomic mass is 32.1. The second-order valence-electron chi connectivity index (χ2n) is 9.03. The van der Waals surface area contributed by atoms with Gasteiger partial charge in [-0.15, -0.1) is 22.7 Å². The van der Waals surface area contributed by atoms with E-state index in [1.54, 1.807) is 6.92 Å². The number of fused-ring (bicyclic) bond motifs is 2. The number of pyridine rings is 1. The lowest BCUT2D eigenvalue weighted by Gasteiger charge is -2.20. The third-order valence-corrected chi connectivity index (χ3v) is 8.41. The van der Waals surface area contributed by atoms with Gasteiger partial charge in [0.2, 0.25) is 0 Å². The molecule has 3 heterocycles. The van der Waals surface area contributed by atoms with Crippen LogP contribution >= 0.6 is 22.7 Å². The van der Waals surface area contributed by atoms with Crippen LogP contribution < -0.4 is 11.1 Å². The second-order valence-corrected chi connectivity index (χ2v) is 10.9. The van der Waals surface area contributed by atoms with Crippen molar-refractivity contribution in [1.82, 2.24) is 4.98 Å². The van der Waals surface area contributed by atoms with E-state index in [0.717, 1.165) is 51.9 Å². The van der Waals surface area contributed by atoms with Gasteiger partial charge >= 0.3 is 5.97 Å².